The second kappa shape index (κ2) is 9.06. The zero-order valence-electron chi connectivity index (χ0n) is 16.7. The summed E-state index contributed by atoms with van der Waals surface area (Å²) in [6.45, 7) is 3.60. The van der Waals surface area contributed by atoms with Crippen LogP contribution in [0.5, 0.6) is 0 Å². The van der Waals surface area contributed by atoms with E-state index in [1.807, 2.05) is 26.0 Å². The number of para-hydroxylation sites is 1. The van der Waals surface area contributed by atoms with Crippen molar-refractivity contribution in [3.05, 3.63) is 58.6 Å². The van der Waals surface area contributed by atoms with E-state index in [2.05, 4.69) is 5.32 Å². The molecule has 2 aromatic carbocycles. The zero-order valence-corrected chi connectivity index (χ0v) is 18.3. The Hall–Kier alpha value is -2.58. The Kier molecular flexibility index (Phi) is 6.67. The lowest BCUT2D eigenvalue weighted by Gasteiger charge is -2.20. The molecule has 1 aliphatic rings. The maximum absolute atomic E-state index is 13.2. The van der Waals surface area contributed by atoms with E-state index in [-0.39, 0.29) is 21.5 Å². The first-order valence-corrected chi connectivity index (χ1v) is 11.4. The first-order chi connectivity index (χ1) is 14.2. The Morgan fingerprint density at radius 3 is 2.70 bits per heavy atom. The highest BCUT2D eigenvalue weighted by Gasteiger charge is 2.32. The number of amides is 1. The van der Waals surface area contributed by atoms with Gasteiger partial charge < -0.3 is 10.1 Å². The number of sulfonamides is 1. The summed E-state index contributed by atoms with van der Waals surface area (Å²) < 4.78 is 32.8. The summed E-state index contributed by atoms with van der Waals surface area (Å²) in [6, 6.07) is 11.1. The van der Waals surface area contributed by atoms with E-state index in [9.17, 15) is 18.0 Å². The molecule has 1 amide bonds. The summed E-state index contributed by atoms with van der Waals surface area (Å²) >= 11 is 6.17. The number of rotatable bonds is 7. The van der Waals surface area contributed by atoms with Crippen LogP contribution in [0.4, 0.5) is 5.69 Å². The van der Waals surface area contributed by atoms with Gasteiger partial charge >= 0.3 is 5.97 Å². The standard InChI is InChI=1S/C21H23ClN2O5S/c1-3-14(2)23-20(25)13-29-21(26)16-8-9-17(22)19(12-16)30(27,28)24-11-10-15-6-4-5-7-18(15)24/h4-9,12,14H,3,10-11,13H2,1-2H3,(H,23,25)/t14-/m1/s1. The third-order valence-corrected chi connectivity index (χ3v) is 7.23. The van der Waals surface area contributed by atoms with Gasteiger partial charge in [0.25, 0.3) is 15.9 Å². The lowest BCUT2D eigenvalue weighted by molar-refractivity contribution is -0.124. The average molecular weight is 451 g/mol. The van der Waals surface area contributed by atoms with E-state index in [1.54, 1.807) is 12.1 Å². The van der Waals surface area contributed by atoms with Crippen LogP contribution in [-0.4, -0.2) is 39.5 Å². The highest BCUT2D eigenvalue weighted by molar-refractivity contribution is 7.93. The van der Waals surface area contributed by atoms with Gasteiger partial charge in [0, 0.05) is 12.6 Å². The fourth-order valence-electron chi connectivity index (χ4n) is 3.14. The van der Waals surface area contributed by atoms with Gasteiger partial charge in [-0.2, -0.15) is 0 Å². The molecule has 0 spiro atoms. The Labute approximate surface area is 181 Å². The van der Waals surface area contributed by atoms with Gasteiger partial charge in [-0.3, -0.25) is 9.10 Å². The third kappa shape index (κ3) is 4.60. The van der Waals surface area contributed by atoms with Crippen molar-refractivity contribution in [2.24, 2.45) is 0 Å². The van der Waals surface area contributed by atoms with Crippen molar-refractivity contribution in [2.45, 2.75) is 37.6 Å². The fraction of sp³-hybridized carbons (Fsp3) is 0.333. The Morgan fingerprint density at radius 1 is 1.23 bits per heavy atom. The fourth-order valence-corrected chi connectivity index (χ4v) is 5.14. The summed E-state index contributed by atoms with van der Waals surface area (Å²) in [5, 5.41) is 2.69. The van der Waals surface area contributed by atoms with Crippen LogP contribution >= 0.6 is 11.6 Å². The minimum Gasteiger partial charge on any atom is -0.452 e. The van der Waals surface area contributed by atoms with E-state index >= 15 is 0 Å². The number of esters is 1. The molecule has 0 aliphatic carbocycles. The molecule has 1 N–H and O–H groups in total. The predicted octanol–water partition coefficient (Wildman–Crippen LogP) is 3.16. The molecule has 1 heterocycles. The van der Waals surface area contributed by atoms with Crippen molar-refractivity contribution in [3.63, 3.8) is 0 Å². The quantitative estimate of drug-likeness (QED) is 0.654. The maximum Gasteiger partial charge on any atom is 0.338 e. The summed E-state index contributed by atoms with van der Waals surface area (Å²) in [7, 11) is -3.98. The summed E-state index contributed by atoms with van der Waals surface area (Å²) in [6.07, 6.45) is 1.35. The van der Waals surface area contributed by atoms with Gasteiger partial charge in [0.2, 0.25) is 0 Å². The first kappa shape index (κ1) is 22.1. The molecule has 3 rings (SSSR count). The molecule has 9 heteroatoms. The minimum atomic E-state index is -3.98. The number of fused-ring (bicyclic) bond motifs is 1. The molecule has 0 saturated carbocycles. The van der Waals surface area contributed by atoms with Crippen LogP contribution in [0.25, 0.3) is 0 Å². The molecule has 0 unspecified atom stereocenters. The number of hydrogen-bond donors (Lipinski definition) is 1. The lowest BCUT2D eigenvalue weighted by atomic mass is 10.2. The predicted molar refractivity (Wildman–Crippen MR) is 114 cm³/mol. The highest BCUT2D eigenvalue weighted by atomic mass is 35.5. The molecule has 7 nitrogen and oxygen atoms in total. The van der Waals surface area contributed by atoms with E-state index in [1.165, 1.54) is 22.5 Å². The van der Waals surface area contributed by atoms with Crippen LogP contribution in [-0.2, 0) is 26.0 Å². The third-order valence-electron chi connectivity index (χ3n) is 4.93. The van der Waals surface area contributed by atoms with Crippen molar-refractivity contribution in [2.75, 3.05) is 17.5 Å². The lowest BCUT2D eigenvalue weighted by Crippen LogP contribution is -2.35. The average Bonchev–Trinajstić information content (AvgIpc) is 3.17. The number of anilines is 1. The summed E-state index contributed by atoms with van der Waals surface area (Å²) in [4.78, 5) is 24.0. The van der Waals surface area contributed by atoms with Crippen LogP contribution in [0.2, 0.25) is 5.02 Å². The number of hydrogen-bond acceptors (Lipinski definition) is 5. The van der Waals surface area contributed by atoms with Gasteiger partial charge in [-0.1, -0.05) is 36.7 Å². The summed E-state index contributed by atoms with van der Waals surface area (Å²) in [5.74, 6) is -1.22. The van der Waals surface area contributed by atoms with Crippen LogP contribution in [0, 0.1) is 0 Å². The van der Waals surface area contributed by atoms with E-state index in [0.29, 0.717) is 18.7 Å². The smallest absolute Gasteiger partial charge is 0.338 e. The second-order valence-corrected chi connectivity index (χ2v) is 9.29. The van der Waals surface area contributed by atoms with Crippen LogP contribution < -0.4 is 9.62 Å². The van der Waals surface area contributed by atoms with Crippen molar-refractivity contribution in [3.8, 4) is 0 Å². The van der Waals surface area contributed by atoms with Crippen molar-refractivity contribution >= 4 is 39.2 Å². The number of nitrogens with zero attached hydrogens (tertiary/aromatic N) is 1. The highest BCUT2D eigenvalue weighted by Crippen LogP contribution is 2.35. The summed E-state index contributed by atoms with van der Waals surface area (Å²) in [5.41, 5.74) is 1.53. The molecule has 0 saturated heterocycles. The largest absolute Gasteiger partial charge is 0.452 e. The van der Waals surface area contributed by atoms with Gasteiger partial charge in [0.05, 0.1) is 16.3 Å². The molecule has 1 atom stereocenters. The molecular weight excluding hydrogens is 428 g/mol. The van der Waals surface area contributed by atoms with Gasteiger partial charge in [0.15, 0.2) is 6.61 Å². The van der Waals surface area contributed by atoms with E-state index in [4.69, 9.17) is 16.3 Å². The molecule has 30 heavy (non-hydrogen) atoms. The molecule has 1 aliphatic heterocycles. The Balaban J connectivity index is 1.80. The zero-order chi connectivity index (χ0) is 21.9. The Morgan fingerprint density at radius 2 is 1.97 bits per heavy atom. The van der Waals surface area contributed by atoms with Crippen molar-refractivity contribution < 1.29 is 22.7 Å². The molecule has 0 radical (unpaired) electrons. The van der Waals surface area contributed by atoms with Gasteiger partial charge in [-0.15, -0.1) is 0 Å². The first-order valence-electron chi connectivity index (χ1n) is 9.60. The Bertz CT molecular complexity index is 1070. The monoisotopic (exact) mass is 450 g/mol. The molecular formula is C21H23ClN2O5S. The van der Waals surface area contributed by atoms with Gasteiger partial charge in [-0.05, 0) is 49.6 Å². The number of carbonyl (C=O) groups excluding carboxylic acids is 2. The van der Waals surface area contributed by atoms with Crippen molar-refractivity contribution in [1.82, 2.24) is 5.32 Å². The van der Waals surface area contributed by atoms with Crippen molar-refractivity contribution in [1.29, 1.82) is 0 Å². The molecule has 0 bridgehead atoms. The van der Waals surface area contributed by atoms with E-state index in [0.717, 1.165) is 12.0 Å². The minimum absolute atomic E-state index is 0.00166. The number of benzene rings is 2. The topological polar surface area (TPSA) is 92.8 Å². The number of nitrogens with one attached hydrogen (secondary N) is 1. The van der Waals surface area contributed by atoms with Crippen LogP contribution in [0.3, 0.4) is 0 Å². The van der Waals surface area contributed by atoms with Crippen LogP contribution in [0.15, 0.2) is 47.4 Å². The normalized spacial score (nSPS) is 14.2. The number of halogens is 1. The SMILES string of the molecule is CC[C@@H](C)NC(=O)COC(=O)c1ccc(Cl)c(S(=O)(=O)N2CCc3ccccc32)c1. The molecule has 0 aromatic heterocycles. The van der Waals surface area contributed by atoms with Gasteiger partial charge in [-0.25, -0.2) is 13.2 Å². The number of ether oxygens (including phenoxy) is 1. The molecule has 2 aromatic rings. The van der Waals surface area contributed by atoms with Gasteiger partial charge in [0.1, 0.15) is 4.90 Å². The van der Waals surface area contributed by atoms with Crippen LogP contribution in [0.1, 0.15) is 36.2 Å². The molecule has 160 valence electrons. The maximum atomic E-state index is 13.2. The second-order valence-electron chi connectivity index (χ2n) is 7.05. The molecule has 0 fully saturated rings. The van der Waals surface area contributed by atoms with E-state index < -0.39 is 28.5 Å². The number of carbonyl (C=O) groups is 2.